The molecule has 5 nitrogen and oxygen atoms in total. The highest BCUT2D eigenvalue weighted by atomic mass is 127. The first-order valence-corrected chi connectivity index (χ1v) is 11.7. The fourth-order valence-electron chi connectivity index (χ4n) is 2.89. The predicted molar refractivity (Wildman–Crippen MR) is 123 cm³/mol. The molecule has 0 unspecified atom stereocenters. The second-order valence-electron chi connectivity index (χ2n) is 6.77. The Morgan fingerprint density at radius 2 is 1.70 bits per heavy atom. The van der Waals surface area contributed by atoms with Crippen LogP contribution in [0.4, 0.5) is 10.1 Å². The number of hydrogen-bond donors (Lipinski definition) is 2. The summed E-state index contributed by atoms with van der Waals surface area (Å²) in [5.74, 6) is -0.937. The maximum atomic E-state index is 13.4. The minimum Gasteiger partial charge on any atom is -0.324 e. The SMILES string of the molecule is Cc1cc(F)ccc1NC(=O)[C@H](Cc1ccccc1)NS(=O)(=O)c1ccc(I)cc1. The van der Waals surface area contributed by atoms with Crippen molar-refractivity contribution in [3.05, 3.63) is 93.3 Å². The van der Waals surface area contributed by atoms with E-state index in [1.54, 1.807) is 19.1 Å². The Balaban J connectivity index is 1.87. The number of halogens is 2. The molecule has 30 heavy (non-hydrogen) atoms. The third-order valence-electron chi connectivity index (χ3n) is 4.47. The van der Waals surface area contributed by atoms with Gasteiger partial charge in [0.15, 0.2) is 0 Å². The third kappa shape index (κ3) is 5.87. The number of hydrogen-bond acceptors (Lipinski definition) is 3. The lowest BCUT2D eigenvalue weighted by atomic mass is 10.1. The fraction of sp³-hybridized carbons (Fsp3) is 0.136. The van der Waals surface area contributed by atoms with Crippen molar-refractivity contribution >= 4 is 44.2 Å². The zero-order valence-corrected chi connectivity index (χ0v) is 19.1. The Hall–Kier alpha value is -2.30. The van der Waals surface area contributed by atoms with E-state index in [4.69, 9.17) is 0 Å². The molecule has 0 aliphatic heterocycles. The summed E-state index contributed by atoms with van der Waals surface area (Å²) in [7, 11) is -3.92. The van der Waals surface area contributed by atoms with Crippen molar-refractivity contribution in [2.75, 3.05) is 5.32 Å². The first-order valence-electron chi connectivity index (χ1n) is 9.13. The van der Waals surface area contributed by atoms with E-state index in [-0.39, 0.29) is 11.3 Å². The second-order valence-corrected chi connectivity index (χ2v) is 9.73. The smallest absolute Gasteiger partial charge is 0.242 e. The Morgan fingerprint density at radius 1 is 1.03 bits per heavy atom. The zero-order chi connectivity index (χ0) is 21.7. The lowest BCUT2D eigenvalue weighted by molar-refractivity contribution is -0.117. The minimum atomic E-state index is -3.92. The van der Waals surface area contributed by atoms with Gasteiger partial charge in [0.1, 0.15) is 11.9 Å². The van der Waals surface area contributed by atoms with Gasteiger partial charge >= 0.3 is 0 Å². The molecule has 1 amide bonds. The van der Waals surface area contributed by atoms with Crippen LogP contribution in [0.3, 0.4) is 0 Å². The number of anilines is 1. The molecular formula is C22H20FIN2O3S. The summed E-state index contributed by atoms with van der Waals surface area (Å²) in [5.41, 5.74) is 1.77. The summed E-state index contributed by atoms with van der Waals surface area (Å²) in [6, 6.07) is 18.4. The van der Waals surface area contributed by atoms with Crippen LogP contribution in [0.25, 0.3) is 0 Å². The zero-order valence-electron chi connectivity index (χ0n) is 16.1. The Morgan fingerprint density at radius 3 is 2.33 bits per heavy atom. The van der Waals surface area contributed by atoms with Crippen molar-refractivity contribution in [1.29, 1.82) is 0 Å². The van der Waals surface area contributed by atoms with Gasteiger partial charge < -0.3 is 5.32 Å². The van der Waals surface area contributed by atoms with Crippen LogP contribution in [-0.2, 0) is 21.2 Å². The molecule has 3 aromatic carbocycles. The topological polar surface area (TPSA) is 75.3 Å². The number of aryl methyl sites for hydroxylation is 1. The van der Waals surface area contributed by atoms with Gasteiger partial charge in [-0.15, -0.1) is 0 Å². The highest BCUT2D eigenvalue weighted by Gasteiger charge is 2.26. The van der Waals surface area contributed by atoms with Gasteiger partial charge in [-0.1, -0.05) is 30.3 Å². The first kappa shape index (κ1) is 22.4. The highest BCUT2D eigenvalue weighted by molar-refractivity contribution is 14.1. The van der Waals surface area contributed by atoms with Crippen molar-refractivity contribution in [1.82, 2.24) is 4.72 Å². The lowest BCUT2D eigenvalue weighted by Crippen LogP contribution is -2.45. The van der Waals surface area contributed by atoms with Gasteiger partial charge in [0.2, 0.25) is 15.9 Å². The van der Waals surface area contributed by atoms with Crippen molar-refractivity contribution < 1.29 is 17.6 Å². The van der Waals surface area contributed by atoms with Gasteiger partial charge in [-0.25, -0.2) is 12.8 Å². The fourth-order valence-corrected chi connectivity index (χ4v) is 4.45. The third-order valence-corrected chi connectivity index (χ3v) is 6.67. The number of nitrogens with one attached hydrogen (secondary N) is 2. The molecule has 3 aromatic rings. The Kier molecular flexibility index (Phi) is 7.22. The number of carbonyl (C=O) groups is 1. The summed E-state index contributed by atoms with van der Waals surface area (Å²) < 4.78 is 42.5. The highest BCUT2D eigenvalue weighted by Crippen LogP contribution is 2.18. The summed E-state index contributed by atoms with van der Waals surface area (Å²) in [4.78, 5) is 13.1. The van der Waals surface area contributed by atoms with E-state index >= 15 is 0 Å². The summed E-state index contributed by atoms with van der Waals surface area (Å²) in [6.45, 7) is 1.67. The Labute approximate surface area is 188 Å². The van der Waals surface area contributed by atoms with Crippen LogP contribution in [0.2, 0.25) is 0 Å². The molecule has 0 radical (unpaired) electrons. The molecule has 0 saturated heterocycles. The average molecular weight is 538 g/mol. The molecule has 0 aliphatic carbocycles. The number of carbonyl (C=O) groups excluding carboxylic acids is 1. The van der Waals surface area contributed by atoms with E-state index < -0.39 is 27.8 Å². The number of amides is 1. The molecule has 0 aromatic heterocycles. The van der Waals surface area contributed by atoms with Gasteiger partial charge in [0.05, 0.1) is 4.90 Å². The predicted octanol–water partition coefficient (Wildman–Crippen LogP) is 4.27. The first-order chi connectivity index (χ1) is 14.2. The minimum absolute atomic E-state index is 0.0757. The van der Waals surface area contributed by atoms with Crippen LogP contribution in [0.1, 0.15) is 11.1 Å². The quantitative estimate of drug-likeness (QED) is 0.442. The second kappa shape index (κ2) is 9.67. The molecule has 8 heteroatoms. The van der Waals surface area contributed by atoms with Crippen LogP contribution in [0.5, 0.6) is 0 Å². The molecule has 2 N–H and O–H groups in total. The van der Waals surface area contributed by atoms with E-state index in [0.717, 1.165) is 9.13 Å². The molecule has 3 rings (SSSR count). The summed E-state index contributed by atoms with van der Waals surface area (Å²) in [5, 5.41) is 2.71. The van der Waals surface area contributed by atoms with E-state index in [1.807, 2.05) is 30.3 Å². The van der Waals surface area contributed by atoms with Crippen molar-refractivity contribution in [3.8, 4) is 0 Å². The molecule has 0 heterocycles. The molecular weight excluding hydrogens is 518 g/mol. The normalized spacial score (nSPS) is 12.4. The molecule has 1 atom stereocenters. The monoisotopic (exact) mass is 538 g/mol. The van der Waals surface area contributed by atoms with Crippen molar-refractivity contribution in [2.45, 2.75) is 24.3 Å². The van der Waals surface area contributed by atoms with E-state index in [2.05, 4.69) is 32.6 Å². The van der Waals surface area contributed by atoms with Crippen molar-refractivity contribution in [2.24, 2.45) is 0 Å². The van der Waals surface area contributed by atoms with Crippen LogP contribution in [-0.4, -0.2) is 20.4 Å². The molecule has 0 fully saturated rings. The lowest BCUT2D eigenvalue weighted by Gasteiger charge is -2.19. The standard InChI is InChI=1S/C22H20FIN2O3S/c1-15-13-17(23)7-12-20(15)25-22(27)21(14-16-5-3-2-4-6-16)26-30(28,29)19-10-8-18(24)9-11-19/h2-13,21,26H,14H2,1H3,(H,25,27)/t21-/m0/s1. The van der Waals surface area contributed by atoms with Crippen LogP contribution in [0.15, 0.2) is 77.7 Å². The van der Waals surface area contributed by atoms with Gasteiger partial charge in [0.25, 0.3) is 0 Å². The number of benzene rings is 3. The molecule has 0 aliphatic rings. The van der Waals surface area contributed by atoms with E-state index in [1.165, 1.54) is 30.3 Å². The Bertz CT molecular complexity index is 1140. The van der Waals surface area contributed by atoms with Gasteiger partial charge in [-0.05, 0) is 89.5 Å². The van der Waals surface area contributed by atoms with Crippen LogP contribution < -0.4 is 10.0 Å². The average Bonchev–Trinajstić information content (AvgIpc) is 2.70. The van der Waals surface area contributed by atoms with Crippen LogP contribution in [0, 0.1) is 16.3 Å². The largest absolute Gasteiger partial charge is 0.324 e. The molecule has 156 valence electrons. The van der Waals surface area contributed by atoms with Crippen LogP contribution >= 0.6 is 22.6 Å². The van der Waals surface area contributed by atoms with Gasteiger partial charge in [-0.2, -0.15) is 4.72 Å². The molecule has 0 spiro atoms. The van der Waals surface area contributed by atoms with E-state index in [9.17, 15) is 17.6 Å². The maximum absolute atomic E-state index is 13.4. The number of sulfonamides is 1. The molecule has 0 saturated carbocycles. The summed E-state index contributed by atoms with van der Waals surface area (Å²) >= 11 is 2.09. The number of rotatable bonds is 7. The maximum Gasteiger partial charge on any atom is 0.242 e. The van der Waals surface area contributed by atoms with E-state index in [0.29, 0.717) is 11.3 Å². The van der Waals surface area contributed by atoms with Crippen molar-refractivity contribution in [3.63, 3.8) is 0 Å². The van der Waals surface area contributed by atoms with Gasteiger partial charge in [-0.3, -0.25) is 4.79 Å². The van der Waals surface area contributed by atoms with Gasteiger partial charge in [0, 0.05) is 9.26 Å². The summed E-state index contributed by atoms with van der Waals surface area (Å²) in [6.07, 6.45) is 0.163. The molecule has 0 bridgehead atoms.